The number of carbonyl (C=O) groups excluding carboxylic acids is 1. The number of aromatic nitrogens is 3. The van der Waals surface area contributed by atoms with Gasteiger partial charge in [-0.2, -0.15) is 0 Å². The summed E-state index contributed by atoms with van der Waals surface area (Å²) in [5.74, 6) is 1.10. The topological polar surface area (TPSA) is 59.3 Å². The van der Waals surface area contributed by atoms with E-state index in [0.29, 0.717) is 12.3 Å². The van der Waals surface area contributed by atoms with Crippen LogP contribution in [0.5, 0.6) is 0 Å². The first-order valence-electron chi connectivity index (χ1n) is 6.56. The van der Waals surface area contributed by atoms with Crippen molar-refractivity contribution in [3.8, 4) is 0 Å². The smallest absolute Gasteiger partial charge is 0.230 e. The highest BCUT2D eigenvalue weighted by Gasteiger charge is 2.07. The summed E-state index contributed by atoms with van der Waals surface area (Å²) in [7, 11) is 0. The lowest BCUT2D eigenvalue weighted by atomic mass is 10.4. The first kappa shape index (κ1) is 13.6. The number of hydrogen-bond donors (Lipinski definition) is 1. The van der Waals surface area contributed by atoms with Gasteiger partial charge in [-0.15, -0.1) is 22.0 Å². The van der Waals surface area contributed by atoms with Gasteiger partial charge < -0.3 is 5.32 Å². The van der Waals surface area contributed by atoms with Crippen LogP contribution in [0.2, 0.25) is 0 Å². The van der Waals surface area contributed by atoms with Gasteiger partial charge in [0, 0.05) is 11.1 Å². The molecular formula is C15H14N4OS. The van der Waals surface area contributed by atoms with E-state index in [1.54, 1.807) is 0 Å². The molecule has 0 aliphatic heterocycles. The molecule has 0 saturated carbocycles. The van der Waals surface area contributed by atoms with Crippen molar-refractivity contribution in [1.29, 1.82) is 0 Å². The van der Waals surface area contributed by atoms with Gasteiger partial charge in [0.05, 0.1) is 12.3 Å². The minimum Gasteiger partial charge on any atom is -0.348 e. The number of benzene rings is 1. The lowest BCUT2D eigenvalue weighted by molar-refractivity contribution is -0.118. The molecule has 0 radical (unpaired) electrons. The van der Waals surface area contributed by atoms with E-state index < -0.39 is 0 Å². The minimum absolute atomic E-state index is 0.0171. The molecular weight excluding hydrogens is 284 g/mol. The molecule has 0 aliphatic carbocycles. The van der Waals surface area contributed by atoms with E-state index in [9.17, 15) is 4.79 Å². The third kappa shape index (κ3) is 3.41. The molecule has 5 nitrogen and oxygen atoms in total. The maximum Gasteiger partial charge on any atom is 0.230 e. The lowest BCUT2D eigenvalue weighted by Crippen LogP contribution is -2.25. The molecule has 6 heteroatoms. The summed E-state index contributed by atoms with van der Waals surface area (Å²) in [6.07, 6.45) is 1.88. The highest BCUT2D eigenvalue weighted by Crippen LogP contribution is 2.16. The number of rotatable bonds is 5. The molecule has 106 valence electrons. The molecule has 1 aromatic carbocycles. The van der Waals surface area contributed by atoms with Crippen LogP contribution in [0.4, 0.5) is 0 Å². The normalized spacial score (nSPS) is 10.7. The summed E-state index contributed by atoms with van der Waals surface area (Å²) >= 11 is 1.51. The van der Waals surface area contributed by atoms with Crippen molar-refractivity contribution in [2.45, 2.75) is 11.4 Å². The van der Waals surface area contributed by atoms with Gasteiger partial charge in [-0.05, 0) is 24.3 Å². The monoisotopic (exact) mass is 298 g/mol. The van der Waals surface area contributed by atoms with Crippen molar-refractivity contribution >= 4 is 23.3 Å². The predicted octanol–water partition coefficient (Wildman–Crippen LogP) is 2.14. The summed E-state index contributed by atoms with van der Waals surface area (Å²) in [6, 6.07) is 15.6. The second-order valence-electron chi connectivity index (χ2n) is 4.42. The number of carbonyl (C=O) groups is 1. The molecule has 0 bridgehead atoms. The number of fused-ring (bicyclic) bond motifs is 1. The minimum atomic E-state index is -0.0171. The largest absolute Gasteiger partial charge is 0.348 e. The fourth-order valence-electron chi connectivity index (χ4n) is 1.91. The van der Waals surface area contributed by atoms with Crippen molar-refractivity contribution in [1.82, 2.24) is 19.9 Å². The van der Waals surface area contributed by atoms with Gasteiger partial charge >= 0.3 is 0 Å². The number of thioether (sulfide) groups is 1. The molecule has 3 rings (SSSR count). The molecule has 2 aromatic heterocycles. The van der Waals surface area contributed by atoms with Crippen LogP contribution in [-0.4, -0.2) is 26.3 Å². The van der Waals surface area contributed by atoms with Gasteiger partial charge in [-0.25, -0.2) is 0 Å². The Morgan fingerprint density at radius 2 is 1.90 bits per heavy atom. The Bertz CT molecular complexity index is 742. The van der Waals surface area contributed by atoms with Crippen LogP contribution in [0.25, 0.3) is 5.65 Å². The van der Waals surface area contributed by atoms with E-state index in [4.69, 9.17) is 0 Å². The standard InChI is InChI=1S/C15H14N4OS/c20-15(11-21-12-6-2-1-3-7-12)16-10-14-18-17-13-8-4-5-9-19(13)14/h1-9H,10-11H2,(H,16,20). The lowest BCUT2D eigenvalue weighted by Gasteiger charge is -2.04. The van der Waals surface area contributed by atoms with E-state index in [2.05, 4.69) is 15.5 Å². The third-order valence-electron chi connectivity index (χ3n) is 2.94. The molecule has 0 fully saturated rings. The highest BCUT2D eigenvalue weighted by atomic mass is 32.2. The fourth-order valence-corrected chi connectivity index (χ4v) is 2.66. The second-order valence-corrected chi connectivity index (χ2v) is 5.47. The second kappa shape index (κ2) is 6.41. The molecule has 21 heavy (non-hydrogen) atoms. The predicted molar refractivity (Wildman–Crippen MR) is 82.0 cm³/mol. The summed E-state index contributed by atoms with van der Waals surface area (Å²) in [6.45, 7) is 0.374. The van der Waals surface area contributed by atoms with Crippen molar-refractivity contribution < 1.29 is 4.79 Å². The number of nitrogens with zero attached hydrogens (tertiary/aromatic N) is 3. The summed E-state index contributed by atoms with van der Waals surface area (Å²) in [4.78, 5) is 12.9. The first-order valence-corrected chi connectivity index (χ1v) is 7.55. The van der Waals surface area contributed by atoms with Crippen LogP contribution >= 0.6 is 11.8 Å². The van der Waals surface area contributed by atoms with E-state index in [0.717, 1.165) is 16.4 Å². The van der Waals surface area contributed by atoms with Gasteiger partial charge in [-0.3, -0.25) is 9.20 Å². The molecule has 0 saturated heterocycles. The van der Waals surface area contributed by atoms with E-state index in [1.807, 2.05) is 59.1 Å². The summed E-state index contributed by atoms with van der Waals surface area (Å²) < 4.78 is 1.87. The molecule has 1 N–H and O–H groups in total. The van der Waals surface area contributed by atoms with Gasteiger partial charge in [0.1, 0.15) is 0 Å². The number of nitrogens with one attached hydrogen (secondary N) is 1. The van der Waals surface area contributed by atoms with Gasteiger partial charge in [0.25, 0.3) is 0 Å². The summed E-state index contributed by atoms with van der Waals surface area (Å²) in [5, 5.41) is 11.0. The maximum absolute atomic E-state index is 11.9. The number of hydrogen-bond acceptors (Lipinski definition) is 4. The van der Waals surface area contributed by atoms with Gasteiger partial charge in [0.2, 0.25) is 5.91 Å². The number of pyridine rings is 1. The molecule has 0 spiro atoms. The van der Waals surface area contributed by atoms with Crippen LogP contribution in [0, 0.1) is 0 Å². The van der Waals surface area contributed by atoms with Crippen LogP contribution < -0.4 is 5.32 Å². The average molecular weight is 298 g/mol. The molecule has 0 unspecified atom stereocenters. The molecule has 0 atom stereocenters. The van der Waals surface area contributed by atoms with Crippen molar-refractivity contribution in [3.63, 3.8) is 0 Å². The third-order valence-corrected chi connectivity index (χ3v) is 3.95. The van der Waals surface area contributed by atoms with Gasteiger partial charge in [-0.1, -0.05) is 24.3 Å². The Morgan fingerprint density at radius 3 is 2.76 bits per heavy atom. The van der Waals surface area contributed by atoms with E-state index in [-0.39, 0.29) is 5.91 Å². The zero-order chi connectivity index (χ0) is 14.5. The fraction of sp³-hybridized carbons (Fsp3) is 0.133. The first-order chi connectivity index (χ1) is 10.3. The Kier molecular flexibility index (Phi) is 4.16. The SMILES string of the molecule is O=C(CSc1ccccc1)NCc1nnc2ccccn12. The van der Waals surface area contributed by atoms with Crippen LogP contribution in [-0.2, 0) is 11.3 Å². The zero-order valence-corrected chi connectivity index (χ0v) is 12.1. The maximum atomic E-state index is 11.9. The molecule has 1 amide bonds. The van der Waals surface area contributed by atoms with E-state index in [1.165, 1.54) is 11.8 Å². The molecule has 3 aromatic rings. The Labute approximate surface area is 126 Å². The highest BCUT2D eigenvalue weighted by molar-refractivity contribution is 8.00. The van der Waals surface area contributed by atoms with E-state index >= 15 is 0 Å². The van der Waals surface area contributed by atoms with Crippen molar-refractivity contribution in [2.24, 2.45) is 0 Å². The Hall–Kier alpha value is -2.34. The quantitative estimate of drug-likeness (QED) is 0.733. The molecule has 0 aliphatic rings. The average Bonchev–Trinajstić information content (AvgIpc) is 2.95. The zero-order valence-electron chi connectivity index (χ0n) is 11.3. The molecule has 2 heterocycles. The van der Waals surface area contributed by atoms with Crippen LogP contribution in [0.1, 0.15) is 5.82 Å². The van der Waals surface area contributed by atoms with Crippen LogP contribution in [0.15, 0.2) is 59.6 Å². The summed E-state index contributed by atoms with van der Waals surface area (Å²) in [5.41, 5.74) is 0.778. The Balaban J connectivity index is 1.54. The van der Waals surface area contributed by atoms with Crippen molar-refractivity contribution in [3.05, 3.63) is 60.6 Å². The Morgan fingerprint density at radius 1 is 1.10 bits per heavy atom. The number of amides is 1. The van der Waals surface area contributed by atoms with Crippen molar-refractivity contribution in [2.75, 3.05) is 5.75 Å². The van der Waals surface area contributed by atoms with Gasteiger partial charge in [0.15, 0.2) is 11.5 Å². The van der Waals surface area contributed by atoms with Crippen LogP contribution in [0.3, 0.4) is 0 Å².